The van der Waals surface area contributed by atoms with Crippen LogP contribution < -0.4 is 4.90 Å². The van der Waals surface area contributed by atoms with E-state index in [0.717, 1.165) is 22.7 Å². The number of aromatic nitrogens is 2. The second kappa shape index (κ2) is 4.57. The van der Waals surface area contributed by atoms with Crippen molar-refractivity contribution in [2.45, 2.75) is 32.7 Å². The fourth-order valence-electron chi connectivity index (χ4n) is 0.873. The Morgan fingerprint density at radius 1 is 1.50 bits per heavy atom. The lowest BCUT2D eigenvalue weighted by Gasteiger charge is -2.33. The molecule has 0 saturated carbocycles. The van der Waals surface area contributed by atoms with Gasteiger partial charge in [-0.05, 0) is 13.8 Å². The fraction of sp³-hybridized carbons (Fsp3) is 0.778. The third-order valence-electron chi connectivity index (χ3n) is 2.30. The zero-order valence-corrected chi connectivity index (χ0v) is 11.4. The molecule has 0 spiro atoms. The van der Waals surface area contributed by atoms with Crippen LogP contribution in [0.25, 0.3) is 0 Å². The summed E-state index contributed by atoms with van der Waals surface area (Å²) in [7, 11) is 2.06. The Morgan fingerprint density at radius 2 is 2.14 bits per heavy atom. The average Bonchev–Trinajstić information content (AvgIpc) is 2.64. The van der Waals surface area contributed by atoms with Gasteiger partial charge in [-0.1, -0.05) is 22.9 Å². The largest absolute Gasteiger partial charge is 0.344 e. The average molecular weight is 278 g/mol. The summed E-state index contributed by atoms with van der Waals surface area (Å²) in [5.41, 5.74) is 0.0740. The second-order valence-corrected chi connectivity index (χ2v) is 5.14. The maximum Gasteiger partial charge on any atom is 0.205 e. The van der Waals surface area contributed by atoms with E-state index in [1.54, 1.807) is 0 Å². The molecule has 0 fully saturated rings. The van der Waals surface area contributed by atoms with Gasteiger partial charge in [0.25, 0.3) is 0 Å². The van der Waals surface area contributed by atoms with Crippen LogP contribution in [-0.4, -0.2) is 27.3 Å². The molecule has 14 heavy (non-hydrogen) atoms. The monoisotopic (exact) mass is 277 g/mol. The van der Waals surface area contributed by atoms with Crippen LogP contribution in [0.1, 0.15) is 26.6 Å². The van der Waals surface area contributed by atoms with Crippen molar-refractivity contribution in [3.8, 4) is 0 Å². The summed E-state index contributed by atoms with van der Waals surface area (Å²) in [6.45, 7) is 6.42. The minimum absolute atomic E-state index is 0.0740. The molecule has 0 atom stereocenters. The lowest BCUT2D eigenvalue weighted by atomic mass is 10.1. The number of hydrogen-bond donors (Lipinski definition) is 0. The summed E-state index contributed by atoms with van der Waals surface area (Å²) in [5.74, 6) is 0.933. The minimum atomic E-state index is 0.0740. The molecule has 0 amide bonds. The first-order chi connectivity index (χ1) is 6.51. The van der Waals surface area contributed by atoms with Crippen LogP contribution in [0.2, 0.25) is 0 Å². The Kier molecular flexibility index (Phi) is 3.89. The molecule has 0 N–H and O–H groups in total. The molecule has 1 rings (SSSR count). The summed E-state index contributed by atoms with van der Waals surface area (Å²) >= 11 is 4.98. The predicted octanol–water partition coefficient (Wildman–Crippen LogP) is 2.71. The van der Waals surface area contributed by atoms with E-state index in [0.29, 0.717) is 0 Å². The van der Waals surface area contributed by atoms with Crippen molar-refractivity contribution in [3.63, 3.8) is 0 Å². The number of nitrogens with zero attached hydrogens (tertiary/aromatic N) is 3. The van der Waals surface area contributed by atoms with Crippen molar-refractivity contribution in [3.05, 3.63) is 5.82 Å². The van der Waals surface area contributed by atoms with E-state index < -0.39 is 0 Å². The van der Waals surface area contributed by atoms with Gasteiger partial charge in [0.15, 0.2) is 0 Å². The van der Waals surface area contributed by atoms with Crippen LogP contribution in [-0.2, 0) is 6.42 Å². The summed E-state index contributed by atoms with van der Waals surface area (Å²) < 4.78 is 4.28. The summed E-state index contributed by atoms with van der Waals surface area (Å²) in [6.07, 6.45) is 0.902. The number of halogens is 1. The lowest BCUT2D eigenvalue weighted by molar-refractivity contribution is 0.550. The summed E-state index contributed by atoms with van der Waals surface area (Å²) in [6, 6.07) is 0. The number of rotatable bonds is 4. The van der Waals surface area contributed by atoms with E-state index in [2.05, 4.69) is 58.0 Å². The van der Waals surface area contributed by atoms with Crippen LogP contribution >= 0.6 is 27.5 Å². The Hall–Kier alpha value is -0.160. The number of aryl methyl sites for hydroxylation is 1. The Balaban J connectivity index is 2.83. The van der Waals surface area contributed by atoms with E-state index in [9.17, 15) is 0 Å². The Labute approximate surface area is 97.8 Å². The topological polar surface area (TPSA) is 29.0 Å². The van der Waals surface area contributed by atoms with E-state index in [1.807, 2.05) is 0 Å². The highest BCUT2D eigenvalue weighted by Gasteiger charge is 2.24. The van der Waals surface area contributed by atoms with Crippen molar-refractivity contribution in [2.24, 2.45) is 0 Å². The number of alkyl halides is 1. The van der Waals surface area contributed by atoms with Gasteiger partial charge in [0, 0.05) is 35.9 Å². The molecule has 0 bridgehead atoms. The Bertz CT molecular complexity index is 298. The standard InChI is InChI=1S/C9H16BrN3S/c1-5-7-11-8(14-12-7)13(4)9(2,3)6-10/h5-6H2,1-4H3. The highest BCUT2D eigenvalue weighted by atomic mass is 79.9. The van der Waals surface area contributed by atoms with Crippen molar-refractivity contribution >= 4 is 32.6 Å². The van der Waals surface area contributed by atoms with Crippen molar-refractivity contribution in [1.82, 2.24) is 9.36 Å². The van der Waals surface area contributed by atoms with Crippen molar-refractivity contribution in [1.29, 1.82) is 0 Å². The third-order valence-corrected chi connectivity index (χ3v) is 4.50. The fourth-order valence-corrected chi connectivity index (χ4v) is 2.12. The van der Waals surface area contributed by atoms with Crippen LogP contribution in [0.15, 0.2) is 0 Å². The van der Waals surface area contributed by atoms with Crippen molar-refractivity contribution in [2.75, 3.05) is 17.3 Å². The van der Waals surface area contributed by atoms with Gasteiger partial charge < -0.3 is 4.90 Å². The molecule has 0 unspecified atom stereocenters. The number of hydrogen-bond acceptors (Lipinski definition) is 4. The summed E-state index contributed by atoms with van der Waals surface area (Å²) in [5, 5.41) is 1.91. The molecule has 0 radical (unpaired) electrons. The van der Waals surface area contributed by atoms with Gasteiger partial charge >= 0.3 is 0 Å². The first kappa shape index (κ1) is 11.9. The van der Waals surface area contributed by atoms with Gasteiger partial charge in [0.2, 0.25) is 5.13 Å². The van der Waals surface area contributed by atoms with Gasteiger partial charge in [0.1, 0.15) is 5.82 Å². The van der Waals surface area contributed by atoms with E-state index in [4.69, 9.17) is 0 Å². The molecule has 0 aromatic carbocycles. The maximum absolute atomic E-state index is 4.46. The van der Waals surface area contributed by atoms with Gasteiger partial charge in [-0.15, -0.1) is 0 Å². The zero-order valence-electron chi connectivity index (χ0n) is 9.04. The molecule has 0 aliphatic heterocycles. The quantitative estimate of drug-likeness (QED) is 0.793. The van der Waals surface area contributed by atoms with Crippen LogP contribution in [0, 0.1) is 0 Å². The number of anilines is 1. The molecule has 3 nitrogen and oxygen atoms in total. The highest BCUT2D eigenvalue weighted by molar-refractivity contribution is 9.09. The molecular formula is C9H16BrN3S. The van der Waals surface area contributed by atoms with Crippen LogP contribution in [0.4, 0.5) is 5.13 Å². The van der Waals surface area contributed by atoms with Crippen LogP contribution in [0.5, 0.6) is 0 Å². The highest BCUT2D eigenvalue weighted by Crippen LogP contribution is 2.25. The van der Waals surface area contributed by atoms with Gasteiger partial charge in [-0.3, -0.25) is 0 Å². The smallest absolute Gasteiger partial charge is 0.205 e. The molecule has 0 aliphatic carbocycles. The first-order valence-corrected chi connectivity index (χ1v) is 6.53. The van der Waals surface area contributed by atoms with Crippen LogP contribution in [0.3, 0.4) is 0 Å². The molecule has 5 heteroatoms. The van der Waals surface area contributed by atoms with Crippen molar-refractivity contribution < 1.29 is 0 Å². The zero-order chi connectivity index (χ0) is 10.8. The van der Waals surface area contributed by atoms with E-state index >= 15 is 0 Å². The minimum Gasteiger partial charge on any atom is -0.344 e. The van der Waals surface area contributed by atoms with Gasteiger partial charge in [0.05, 0.1) is 0 Å². The SMILES string of the molecule is CCc1nsc(N(C)C(C)(C)CBr)n1. The molecule has 1 aromatic heterocycles. The molecule has 0 aliphatic rings. The molecule has 0 saturated heterocycles. The predicted molar refractivity (Wildman–Crippen MR) is 65.6 cm³/mol. The molecule has 1 aromatic rings. The van der Waals surface area contributed by atoms with Gasteiger partial charge in [-0.2, -0.15) is 4.37 Å². The maximum atomic E-state index is 4.46. The lowest BCUT2D eigenvalue weighted by Crippen LogP contribution is -2.42. The van der Waals surface area contributed by atoms with E-state index in [1.165, 1.54) is 11.5 Å². The Morgan fingerprint density at radius 3 is 2.57 bits per heavy atom. The molecule has 80 valence electrons. The summed E-state index contributed by atoms with van der Waals surface area (Å²) in [4.78, 5) is 6.62. The first-order valence-electron chi connectivity index (χ1n) is 4.63. The second-order valence-electron chi connectivity index (χ2n) is 3.85. The van der Waals surface area contributed by atoms with Gasteiger partial charge in [-0.25, -0.2) is 4.98 Å². The van der Waals surface area contributed by atoms with E-state index in [-0.39, 0.29) is 5.54 Å². The third kappa shape index (κ3) is 2.45. The molecule has 1 heterocycles. The normalized spacial score (nSPS) is 11.8. The molecular weight excluding hydrogens is 262 g/mol.